The molecule has 5 atom stereocenters. The molecule has 0 aromatic carbocycles. The molecule has 0 unspecified atom stereocenters. The van der Waals surface area contributed by atoms with Gasteiger partial charge >= 0.3 is 6.18 Å². The number of pyridine rings is 1. The number of aromatic nitrogens is 1. The SMILES string of the molecule is OC[C@@H]1[C@@H](O)[C@H](O)[C@@H](O)CN1C[C@@H]1CCN(c2ncccc2C(F)(F)F)C1. The number of halogens is 3. The van der Waals surface area contributed by atoms with Crippen LogP contribution >= 0.6 is 0 Å². The summed E-state index contributed by atoms with van der Waals surface area (Å²) in [5.41, 5.74) is -0.772. The fraction of sp³-hybridized carbons (Fsp3) is 0.706. The summed E-state index contributed by atoms with van der Waals surface area (Å²) in [6.07, 6.45) is -6.30. The monoisotopic (exact) mass is 391 g/mol. The van der Waals surface area contributed by atoms with Gasteiger partial charge in [0.15, 0.2) is 0 Å². The predicted molar refractivity (Wildman–Crippen MR) is 90.0 cm³/mol. The maximum Gasteiger partial charge on any atom is 0.419 e. The number of aliphatic hydroxyl groups excluding tert-OH is 4. The normalized spacial score (nSPS) is 32.9. The van der Waals surface area contributed by atoms with Crippen LogP contribution in [-0.4, -0.2) is 87.4 Å². The zero-order chi connectivity index (χ0) is 19.8. The number of nitrogens with zero attached hydrogens (tertiary/aromatic N) is 3. The first kappa shape index (κ1) is 20.3. The van der Waals surface area contributed by atoms with E-state index < -0.39 is 36.1 Å². The molecule has 0 spiro atoms. The average molecular weight is 391 g/mol. The number of hydrogen-bond acceptors (Lipinski definition) is 7. The largest absolute Gasteiger partial charge is 0.419 e. The number of rotatable bonds is 4. The molecule has 0 radical (unpaired) electrons. The summed E-state index contributed by atoms with van der Waals surface area (Å²) in [7, 11) is 0. The van der Waals surface area contributed by atoms with Crippen LogP contribution in [0.25, 0.3) is 0 Å². The Morgan fingerprint density at radius 2 is 1.89 bits per heavy atom. The van der Waals surface area contributed by atoms with Crippen LogP contribution in [0.5, 0.6) is 0 Å². The summed E-state index contributed by atoms with van der Waals surface area (Å²) < 4.78 is 39.6. The third-order valence-corrected chi connectivity index (χ3v) is 5.39. The van der Waals surface area contributed by atoms with E-state index in [0.29, 0.717) is 26.1 Å². The summed E-state index contributed by atoms with van der Waals surface area (Å²) in [6, 6.07) is 1.54. The van der Waals surface area contributed by atoms with Crippen LogP contribution in [0.1, 0.15) is 12.0 Å². The molecule has 1 aromatic rings. The van der Waals surface area contributed by atoms with Crippen molar-refractivity contribution < 1.29 is 33.6 Å². The van der Waals surface area contributed by atoms with Crippen LogP contribution in [0.3, 0.4) is 0 Å². The van der Waals surface area contributed by atoms with E-state index in [-0.39, 0.29) is 24.9 Å². The lowest BCUT2D eigenvalue weighted by Gasteiger charge is -2.44. The van der Waals surface area contributed by atoms with Crippen LogP contribution in [0, 0.1) is 5.92 Å². The highest BCUT2D eigenvalue weighted by Crippen LogP contribution is 2.37. The number of hydrogen-bond donors (Lipinski definition) is 4. The molecule has 0 amide bonds. The number of piperidine rings is 1. The molecular weight excluding hydrogens is 367 g/mol. The predicted octanol–water partition coefficient (Wildman–Crippen LogP) is -0.314. The van der Waals surface area contributed by atoms with E-state index in [4.69, 9.17) is 0 Å². The lowest BCUT2D eigenvalue weighted by atomic mass is 9.93. The summed E-state index contributed by atoms with van der Waals surface area (Å²) in [5, 5.41) is 39.2. The van der Waals surface area contributed by atoms with Crippen molar-refractivity contribution in [1.82, 2.24) is 9.88 Å². The Morgan fingerprint density at radius 1 is 1.15 bits per heavy atom. The first-order valence-electron chi connectivity index (χ1n) is 8.88. The molecule has 152 valence electrons. The van der Waals surface area contributed by atoms with E-state index in [1.807, 2.05) is 0 Å². The lowest BCUT2D eigenvalue weighted by Crippen LogP contribution is -2.63. The molecule has 10 heteroatoms. The van der Waals surface area contributed by atoms with Crippen molar-refractivity contribution in [3.8, 4) is 0 Å². The van der Waals surface area contributed by atoms with E-state index in [1.165, 1.54) is 12.3 Å². The van der Waals surface area contributed by atoms with Gasteiger partial charge < -0.3 is 25.3 Å². The van der Waals surface area contributed by atoms with E-state index in [0.717, 1.165) is 6.07 Å². The Kier molecular flexibility index (Phi) is 5.92. The van der Waals surface area contributed by atoms with Gasteiger partial charge in [0.1, 0.15) is 18.0 Å². The van der Waals surface area contributed by atoms with Crippen LogP contribution in [0.15, 0.2) is 18.3 Å². The molecule has 2 aliphatic rings. The van der Waals surface area contributed by atoms with Crippen molar-refractivity contribution in [1.29, 1.82) is 0 Å². The Labute approximate surface area is 154 Å². The first-order valence-corrected chi connectivity index (χ1v) is 8.88. The molecule has 2 aliphatic heterocycles. The van der Waals surface area contributed by atoms with Crippen molar-refractivity contribution in [2.75, 3.05) is 37.7 Å². The maximum absolute atomic E-state index is 13.2. The molecule has 2 fully saturated rings. The van der Waals surface area contributed by atoms with Gasteiger partial charge in [-0.05, 0) is 24.5 Å². The number of alkyl halides is 3. The fourth-order valence-corrected chi connectivity index (χ4v) is 3.96. The highest BCUT2D eigenvalue weighted by atomic mass is 19.4. The Morgan fingerprint density at radius 3 is 2.56 bits per heavy atom. The molecule has 2 saturated heterocycles. The van der Waals surface area contributed by atoms with Crippen molar-refractivity contribution in [3.63, 3.8) is 0 Å². The van der Waals surface area contributed by atoms with Crippen molar-refractivity contribution in [2.24, 2.45) is 5.92 Å². The van der Waals surface area contributed by atoms with Gasteiger partial charge in [-0.3, -0.25) is 4.90 Å². The van der Waals surface area contributed by atoms with Gasteiger partial charge in [-0.15, -0.1) is 0 Å². The van der Waals surface area contributed by atoms with Crippen LogP contribution in [0.4, 0.5) is 19.0 Å². The van der Waals surface area contributed by atoms with Crippen molar-refractivity contribution >= 4 is 5.82 Å². The summed E-state index contributed by atoms with van der Waals surface area (Å²) in [6.45, 7) is 0.841. The van der Waals surface area contributed by atoms with E-state index in [2.05, 4.69) is 4.98 Å². The lowest BCUT2D eigenvalue weighted by molar-refractivity contribution is -0.147. The van der Waals surface area contributed by atoms with Crippen LogP contribution in [-0.2, 0) is 6.18 Å². The molecule has 7 nitrogen and oxygen atoms in total. The molecular formula is C17H24F3N3O4. The first-order chi connectivity index (χ1) is 12.7. The number of likely N-dealkylation sites (tertiary alicyclic amines) is 1. The smallest absolute Gasteiger partial charge is 0.395 e. The fourth-order valence-electron chi connectivity index (χ4n) is 3.96. The Bertz CT molecular complexity index is 648. The molecule has 0 bridgehead atoms. The highest BCUT2D eigenvalue weighted by Gasteiger charge is 2.43. The van der Waals surface area contributed by atoms with E-state index in [9.17, 15) is 33.6 Å². The Hall–Kier alpha value is -1.46. The van der Waals surface area contributed by atoms with Gasteiger partial charge in [0.05, 0.1) is 24.3 Å². The van der Waals surface area contributed by atoms with E-state index in [1.54, 1.807) is 9.80 Å². The third-order valence-electron chi connectivity index (χ3n) is 5.39. The zero-order valence-corrected chi connectivity index (χ0v) is 14.6. The second-order valence-electron chi connectivity index (χ2n) is 7.23. The van der Waals surface area contributed by atoms with Gasteiger partial charge in [0.25, 0.3) is 0 Å². The molecule has 3 heterocycles. The van der Waals surface area contributed by atoms with Gasteiger partial charge in [0.2, 0.25) is 0 Å². The number of β-amino-alcohol motifs (C(OH)–C–C–N with tert-alkyl or cyclic N) is 1. The topological polar surface area (TPSA) is 100 Å². The number of aliphatic hydroxyl groups is 4. The highest BCUT2D eigenvalue weighted by molar-refractivity contribution is 5.49. The zero-order valence-electron chi connectivity index (χ0n) is 14.6. The molecule has 1 aromatic heterocycles. The molecule has 0 saturated carbocycles. The summed E-state index contributed by atoms with van der Waals surface area (Å²) in [5.74, 6) is -0.114. The molecule has 3 rings (SSSR count). The second-order valence-corrected chi connectivity index (χ2v) is 7.23. The second kappa shape index (κ2) is 7.88. The minimum absolute atomic E-state index is 0.0169. The molecule has 0 aliphatic carbocycles. The van der Waals surface area contributed by atoms with Crippen LogP contribution in [0.2, 0.25) is 0 Å². The minimum Gasteiger partial charge on any atom is -0.395 e. The van der Waals surface area contributed by atoms with E-state index >= 15 is 0 Å². The van der Waals surface area contributed by atoms with Crippen LogP contribution < -0.4 is 4.90 Å². The quantitative estimate of drug-likeness (QED) is 0.559. The van der Waals surface area contributed by atoms with Gasteiger partial charge in [0, 0.05) is 32.4 Å². The molecule has 4 N–H and O–H groups in total. The molecule has 27 heavy (non-hydrogen) atoms. The Balaban J connectivity index is 1.69. The maximum atomic E-state index is 13.2. The van der Waals surface area contributed by atoms with Gasteiger partial charge in [-0.1, -0.05) is 0 Å². The van der Waals surface area contributed by atoms with Crippen molar-refractivity contribution in [3.05, 3.63) is 23.9 Å². The minimum atomic E-state index is -4.49. The van der Waals surface area contributed by atoms with Gasteiger partial charge in [-0.2, -0.15) is 13.2 Å². The van der Waals surface area contributed by atoms with Gasteiger partial charge in [-0.25, -0.2) is 4.98 Å². The van der Waals surface area contributed by atoms with Crippen molar-refractivity contribution in [2.45, 2.75) is 37.0 Å². The number of anilines is 1. The third kappa shape index (κ3) is 4.19. The summed E-state index contributed by atoms with van der Waals surface area (Å²) in [4.78, 5) is 7.20. The average Bonchev–Trinajstić information content (AvgIpc) is 3.08. The standard InChI is InChI=1S/C17H24F3N3O4/c18-17(19,20)11-2-1-4-21-16(11)22-5-3-10(6-22)7-23-8-13(25)15(27)14(26)12(23)9-24/h1-2,4,10,12-15,24-27H,3,5-9H2/t10-,12-,13+,14-,15-/m1/s1. The summed E-state index contributed by atoms with van der Waals surface area (Å²) >= 11 is 0.